The van der Waals surface area contributed by atoms with Gasteiger partial charge >= 0.3 is 6.03 Å². The van der Waals surface area contributed by atoms with Crippen LogP contribution in [0.1, 0.15) is 104 Å². The van der Waals surface area contributed by atoms with Crippen LogP contribution in [0.2, 0.25) is 5.02 Å². The molecule has 5 aromatic rings. The van der Waals surface area contributed by atoms with E-state index in [2.05, 4.69) is 20.6 Å². The number of hydrogen-bond acceptors (Lipinski definition) is 9. The van der Waals surface area contributed by atoms with E-state index >= 15 is 17.6 Å². The van der Waals surface area contributed by atoms with E-state index in [1.165, 1.54) is 21.7 Å². The molecule has 71 heavy (non-hydrogen) atoms. The molecule has 0 radical (unpaired) electrons. The topological polar surface area (TPSA) is 175 Å². The van der Waals surface area contributed by atoms with Crippen LogP contribution in [0.4, 0.5) is 28.2 Å². The number of aryl methyl sites for hydroxylation is 1. The molecule has 2 unspecified atom stereocenters. The second-order valence-corrected chi connectivity index (χ2v) is 20.1. The van der Waals surface area contributed by atoms with Gasteiger partial charge in [0.1, 0.15) is 22.9 Å². The number of aromatic nitrogens is 2. The van der Waals surface area contributed by atoms with Crippen molar-refractivity contribution in [3.05, 3.63) is 105 Å². The van der Waals surface area contributed by atoms with Crippen molar-refractivity contribution in [3.8, 4) is 22.6 Å². The first-order valence-corrected chi connectivity index (χ1v) is 24.7. The molecule has 1 aromatic heterocycles. The van der Waals surface area contributed by atoms with Gasteiger partial charge in [0, 0.05) is 91.9 Å². The lowest BCUT2D eigenvalue weighted by Gasteiger charge is -2.43. The van der Waals surface area contributed by atoms with Crippen LogP contribution in [0.5, 0.6) is 11.5 Å². The minimum atomic E-state index is -1.16. The summed E-state index contributed by atoms with van der Waals surface area (Å²) in [5, 5.41) is 20.4. The summed E-state index contributed by atoms with van der Waals surface area (Å²) in [6, 6.07) is 13.6. The van der Waals surface area contributed by atoms with Gasteiger partial charge in [0.2, 0.25) is 17.7 Å². The summed E-state index contributed by atoms with van der Waals surface area (Å²) in [4.78, 5) is 56.4. The van der Waals surface area contributed by atoms with Crippen LogP contribution in [0, 0.1) is 29.2 Å². The molecule has 374 valence electrons. The fraction of sp³-hybridized carbons (Fsp3) is 0.442. The molecule has 19 heteroatoms. The van der Waals surface area contributed by atoms with Crippen LogP contribution in [0.25, 0.3) is 22.0 Å². The maximum Gasteiger partial charge on any atom is 0.329 e. The molecule has 1 saturated carbocycles. The second kappa shape index (κ2) is 19.1. The molecule has 14 nitrogen and oxygen atoms in total. The van der Waals surface area contributed by atoms with Gasteiger partial charge in [-0.1, -0.05) is 48.9 Å². The third kappa shape index (κ3) is 8.54. The van der Waals surface area contributed by atoms with Crippen LogP contribution in [-0.4, -0.2) is 99.8 Å². The molecule has 0 bridgehead atoms. The van der Waals surface area contributed by atoms with Gasteiger partial charge in [0.25, 0.3) is 0 Å². The lowest BCUT2D eigenvalue weighted by atomic mass is 9.77. The normalized spacial score (nSPS) is 23.5. The number of urea groups is 1. The number of phenolic OH excluding ortho intramolecular Hbond substituents is 1. The zero-order chi connectivity index (χ0) is 50.0. The highest BCUT2D eigenvalue weighted by Gasteiger charge is 2.50. The predicted octanol–water partition coefficient (Wildman–Crippen LogP) is 8.11. The van der Waals surface area contributed by atoms with Crippen molar-refractivity contribution in [2.45, 2.75) is 94.2 Å². The maximum atomic E-state index is 16.3. The molecule has 0 spiro atoms. The third-order valence-electron chi connectivity index (χ3n) is 15.9. The summed E-state index contributed by atoms with van der Waals surface area (Å²) in [5.41, 5.74) is 5.00. The molecule has 4 fully saturated rings. The Bertz CT molecular complexity index is 2950. The average molecular weight is 1000 g/mol. The van der Waals surface area contributed by atoms with Gasteiger partial charge in [-0.2, -0.15) is 5.10 Å². The zero-order valence-electron chi connectivity index (χ0n) is 39.4. The molecule has 1 aliphatic carbocycles. The number of halogens is 5. The Balaban J connectivity index is 0.750. The number of carbonyl (C=O) groups excluding carboxylic acids is 4. The standard InChI is InChI=1S/C52H55ClF4N8O6/c1-27-40-38(25-36(55)44(53)43(40)42-33(48(58)68)12-13-37(66)45(42)56)71-52(27,30-6-4-3-5-7-30)26-59-31-10-8-29(9-11-31)50(69)64-21-16-32(17-22-64)63-19-14-28(15-20-63)41-35(54)24-34-47(46(41)57)62(2)61-49(34)65-23-18-39(67)60-51(65)70/h3-7,12-13,24-25,27-29,31-32,59,66H,8-11,14-23,26H2,1-2H3,(H2,58,68)(H,60,67,70). The number of nitrogens with two attached hydrogens (primary N) is 1. The van der Waals surface area contributed by atoms with E-state index in [4.69, 9.17) is 22.1 Å². The van der Waals surface area contributed by atoms with Crippen molar-refractivity contribution in [3.63, 3.8) is 0 Å². The first kappa shape index (κ1) is 48.4. The van der Waals surface area contributed by atoms with E-state index in [9.17, 15) is 24.3 Å². The smallest absolute Gasteiger partial charge is 0.329 e. The van der Waals surface area contributed by atoms with E-state index in [1.54, 1.807) is 7.05 Å². The first-order chi connectivity index (χ1) is 34.1. The number of benzene rings is 4. The van der Waals surface area contributed by atoms with E-state index in [1.807, 2.05) is 42.2 Å². The molecule has 2 atom stereocenters. The third-order valence-corrected chi connectivity index (χ3v) is 16.2. The van der Waals surface area contributed by atoms with Crippen LogP contribution < -0.4 is 26.0 Å². The summed E-state index contributed by atoms with van der Waals surface area (Å²) in [6.45, 7) is 4.78. The first-order valence-electron chi connectivity index (χ1n) is 24.4. The molecule has 10 rings (SSSR count). The Labute approximate surface area is 412 Å². The molecule has 5 amide bonds. The zero-order valence-corrected chi connectivity index (χ0v) is 40.1. The monoisotopic (exact) mass is 998 g/mol. The molecule has 4 aliphatic heterocycles. The molecular weight excluding hydrogens is 944 g/mol. The number of likely N-dealkylation sites (tertiary alicyclic amines) is 2. The Hall–Kier alpha value is -6.24. The van der Waals surface area contributed by atoms with Crippen molar-refractivity contribution in [1.29, 1.82) is 0 Å². The Morgan fingerprint density at radius 3 is 2.27 bits per heavy atom. The van der Waals surface area contributed by atoms with Crippen molar-refractivity contribution in [2.75, 3.05) is 44.2 Å². The van der Waals surface area contributed by atoms with E-state index in [0.717, 1.165) is 43.4 Å². The van der Waals surface area contributed by atoms with Gasteiger partial charge in [0.05, 0.1) is 16.0 Å². The highest BCUT2D eigenvalue weighted by molar-refractivity contribution is 6.34. The summed E-state index contributed by atoms with van der Waals surface area (Å²) < 4.78 is 71.7. The van der Waals surface area contributed by atoms with Crippen molar-refractivity contribution < 1.29 is 46.6 Å². The van der Waals surface area contributed by atoms with Gasteiger partial charge in [0.15, 0.2) is 28.8 Å². The Kier molecular flexibility index (Phi) is 13.0. The highest BCUT2D eigenvalue weighted by Crippen LogP contribution is 2.56. The van der Waals surface area contributed by atoms with Crippen LogP contribution in [0.15, 0.2) is 54.6 Å². The van der Waals surface area contributed by atoms with Gasteiger partial charge in [-0.15, -0.1) is 0 Å². The molecule has 5 heterocycles. The van der Waals surface area contributed by atoms with E-state index < -0.39 is 69.0 Å². The fourth-order valence-electron chi connectivity index (χ4n) is 12.0. The highest BCUT2D eigenvalue weighted by atomic mass is 35.5. The number of piperidine rings is 2. The molecule has 4 aromatic carbocycles. The minimum absolute atomic E-state index is 0.0268. The van der Waals surface area contributed by atoms with E-state index in [0.29, 0.717) is 57.4 Å². The number of primary amides is 1. The number of imide groups is 1. The number of amides is 5. The van der Waals surface area contributed by atoms with Gasteiger partial charge in [-0.05, 0) is 94.1 Å². The lowest BCUT2D eigenvalue weighted by molar-refractivity contribution is -0.138. The van der Waals surface area contributed by atoms with Crippen molar-refractivity contribution in [2.24, 2.45) is 18.7 Å². The number of nitrogens with one attached hydrogen (secondary N) is 2. The van der Waals surface area contributed by atoms with E-state index in [-0.39, 0.29) is 88.5 Å². The number of anilines is 1. The number of aromatic hydroxyl groups is 1. The molecule has 5 aliphatic rings. The van der Waals surface area contributed by atoms with Crippen molar-refractivity contribution in [1.82, 2.24) is 30.2 Å². The molecular formula is C52H55ClF4N8O6. The maximum absolute atomic E-state index is 16.3. The number of nitrogens with zero attached hydrogens (tertiary/aromatic N) is 5. The fourth-order valence-corrected chi connectivity index (χ4v) is 12.3. The molecule has 5 N–H and O–H groups in total. The number of rotatable bonds is 10. The summed E-state index contributed by atoms with van der Waals surface area (Å²) in [7, 11) is 1.55. The Morgan fingerprint density at radius 1 is 0.887 bits per heavy atom. The SMILES string of the molecule is CC1c2c(cc(F)c(Cl)c2-c2c(C(N)=O)ccc(O)c2F)OC1(CNC1CCC(C(=O)N2CCC(N3CCC(c4c(F)cc5c(N6CCC(=O)NC6=O)nn(C)c5c4F)CC3)CC2)CC1)c1ccccc1. The quantitative estimate of drug-likeness (QED) is 0.101. The number of carbonyl (C=O) groups is 4. The second-order valence-electron chi connectivity index (χ2n) is 19.7. The predicted molar refractivity (Wildman–Crippen MR) is 257 cm³/mol. The number of ether oxygens (including phenoxy) is 1. The van der Waals surface area contributed by atoms with Gasteiger partial charge in [-0.25, -0.2) is 22.4 Å². The number of fused-ring (bicyclic) bond motifs is 2. The largest absolute Gasteiger partial charge is 0.505 e. The minimum Gasteiger partial charge on any atom is -0.505 e. The lowest BCUT2D eigenvalue weighted by Crippen LogP contribution is -2.51. The molecule has 3 saturated heterocycles. The summed E-state index contributed by atoms with van der Waals surface area (Å²) in [6.07, 6.45) is 5.60. The van der Waals surface area contributed by atoms with Crippen LogP contribution in [-0.2, 0) is 22.2 Å². The summed E-state index contributed by atoms with van der Waals surface area (Å²) >= 11 is 6.61. The van der Waals surface area contributed by atoms with Crippen LogP contribution >= 0.6 is 11.6 Å². The van der Waals surface area contributed by atoms with Crippen LogP contribution in [0.3, 0.4) is 0 Å². The Morgan fingerprint density at radius 2 is 1.59 bits per heavy atom. The van der Waals surface area contributed by atoms with Gasteiger partial charge in [-0.3, -0.25) is 29.3 Å². The van der Waals surface area contributed by atoms with Gasteiger partial charge < -0.3 is 30.7 Å². The number of hydrogen-bond donors (Lipinski definition) is 4. The number of phenols is 1. The average Bonchev–Trinajstić information content (AvgIpc) is 3.84. The van der Waals surface area contributed by atoms with Crippen molar-refractivity contribution >= 4 is 52.1 Å². The summed E-state index contributed by atoms with van der Waals surface area (Å²) in [5.74, 6) is -6.26.